The van der Waals surface area contributed by atoms with Crippen LogP contribution >= 0.6 is 0 Å². The molecule has 1 N–H and O–H groups in total. The second-order valence-electron chi connectivity index (χ2n) is 6.71. The highest BCUT2D eigenvalue weighted by molar-refractivity contribution is 7.89. The number of carbonyl (C=O) groups is 1. The van der Waals surface area contributed by atoms with E-state index in [0.29, 0.717) is 18.7 Å². The van der Waals surface area contributed by atoms with Gasteiger partial charge in [0.05, 0.1) is 17.7 Å². The molecule has 0 saturated carbocycles. The Kier molecular flexibility index (Phi) is 5.35. The van der Waals surface area contributed by atoms with Crippen molar-refractivity contribution >= 4 is 15.9 Å². The maximum absolute atomic E-state index is 12.7. The second kappa shape index (κ2) is 7.55. The zero-order valence-electron chi connectivity index (χ0n) is 15.3. The van der Waals surface area contributed by atoms with Gasteiger partial charge in [0, 0.05) is 26.3 Å². The molecule has 27 heavy (non-hydrogen) atoms. The lowest BCUT2D eigenvalue weighted by molar-refractivity contribution is 0.0931. The van der Waals surface area contributed by atoms with Gasteiger partial charge in [0.1, 0.15) is 10.6 Å². The summed E-state index contributed by atoms with van der Waals surface area (Å²) in [6, 6.07) is 10.2. The monoisotopic (exact) mass is 386 g/mol. The number of rotatable bonds is 5. The van der Waals surface area contributed by atoms with Gasteiger partial charge in [0.15, 0.2) is 0 Å². The van der Waals surface area contributed by atoms with Crippen LogP contribution in [0.2, 0.25) is 0 Å². The van der Waals surface area contributed by atoms with Crippen molar-refractivity contribution in [3.63, 3.8) is 0 Å². The van der Waals surface area contributed by atoms with Crippen molar-refractivity contribution in [1.29, 1.82) is 5.26 Å². The topological polar surface area (TPSA) is 95.2 Å². The molecule has 1 saturated heterocycles. The maximum Gasteiger partial charge on any atom is 0.268 e. The number of nitrogens with one attached hydrogen (secondary N) is 1. The summed E-state index contributed by atoms with van der Waals surface area (Å²) in [7, 11) is -1.90. The number of hydrogen-bond acceptors (Lipinski definition) is 4. The van der Waals surface area contributed by atoms with Gasteiger partial charge in [-0.05, 0) is 43.5 Å². The van der Waals surface area contributed by atoms with E-state index in [1.54, 1.807) is 31.3 Å². The molecule has 1 aromatic heterocycles. The average Bonchev–Trinajstić information content (AvgIpc) is 3.32. The van der Waals surface area contributed by atoms with Gasteiger partial charge in [0.2, 0.25) is 10.0 Å². The van der Waals surface area contributed by atoms with E-state index in [1.165, 1.54) is 21.1 Å². The second-order valence-corrected chi connectivity index (χ2v) is 8.65. The Labute approximate surface area is 159 Å². The average molecular weight is 386 g/mol. The van der Waals surface area contributed by atoms with E-state index in [9.17, 15) is 13.2 Å². The van der Waals surface area contributed by atoms with Crippen LogP contribution in [-0.2, 0) is 17.1 Å². The SMILES string of the molecule is CC(NC(=O)c1cc(S(=O)(=O)N2CCCC2)cn1C)c1ccc(C#N)cc1. The van der Waals surface area contributed by atoms with Crippen molar-refractivity contribution in [3.8, 4) is 6.07 Å². The molecule has 1 unspecified atom stereocenters. The number of benzene rings is 1. The predicted molar refractivity (Wildman–Crippen MR) is 100 cm³/mol. The molecule has 3 rings (SSSR count). The van der Waals surface area contributed by atoms with Crippen LogP contribution < -0.4 is 5.32 Å². The fourth-order valence-electron chi connectivity index (χ4n) is 3.18. The van der Waals surface area contributed by atoms with Crippen molar-refractivity contribution < 1.29 is 13.2 Å². The number of aryl methyl sites for hydroxylation is 1. The highest BCUT2D eigenvalue weighted by Gasteiger charge is 2.29. The van der Waals surface area contributed by atoms with Gasteiger partial charge in [-0.25, -0.2) is 8.42 Å². The van der Waals surface area contributed by atoms with Crippen molar-refractivity contribution in [2.75, 3.05) is 13.1 Å². The van der Waals surface area contributed by atoms with Crippen molar-refractivity contribution in [2.24, 2.45) is 7.05 Å². The zero-order valence-corrected chi connectivity index (χ0v) is 16.2. The summed E-state index contributed by atoms with van der Waals surface area (Å²) in [4.78, 5) is 12.8. The standard InChI is InChI=1S/C19H22N4O3S/c1-14(16-7-5-15(12-20)6-8-16)21-19(24)18-11-17(13-22(18)2)27(25,26)23-9-3-4-10-23/h5-8,11,13-14H,3-4,9-10H2,1-2H3,(H,21,24). The summed E-state index contributed by atoms with van der Waals surface area (Å²) in [6.07, 6.45) is 3.21. The summed E-state index contributed by atoms with van der Waals surface area (Å²) in [6.45, 7) is 2.88. The van der Waals surface area contributed by atoms with Crippen LogP contribution in [-0.4, -0.2) is 36.3 Å². The molecule has 1 aliphatic heterocycles. The molecule has 1 amide bonds. The zero-order chi connectivity index (χ0) is 19.6. The molecule has 1 atom stereocenters. The minimum atomic E-state index is -3.56. The smallest absolute Gasteiger partial charge is 0.268 e. The number of aromatic nitrogens is 1. The van der Waals surface area contributed by atoms with E-state index in [1.807, 2.05) is 6.92 Å². The number of amides is 1. The number of sulfonamides is 1. The molecule has 142 valence electrons. The van der Waals surface area contributed by atoms with Crippen LogP contribution in [0.5, 0.6) is 0 Å². The lowest BCUT2D eigenvalue weighted by Gasteiger charge is -2.14. The molecule has 0 bridgehead atoms. The van der Waals surface area contributed by atoms with Crippen LogP contribution in [0, 0.1) is 11.3 Å². The van der Waals surface area contributed by atoms with Gasteiger partial charge in [-0.2, -0.15) is 9.57 Å². The van der Waals surface area contributed by atoms with Gasteiger partial charge in [-0.1, -0.05) is 12.1 Å². The van der Waals surface area contributed by atoms with E-state index < -0.39 is 10.0 Å². The lowest BCUT2D eigenvalue weighted by Crippen LogP contribution is -2.28. The summed E-state index contributed by atoms with van der Waals surface area (Å²) >= 11 is 0. The van der Waals surface area contributed by atoms with Gasteiger partial charge in [0.25, 0.3) is 5.91 Å². The molecular weight excluding hydrogens is 364 g/mol. The third-order valence-electron chi connectivity index (χ3n) is 4.80. The van der Waals surface area contributed by atoms with Crippen LogP contribution in [0.4, 0.5) is 0 Å². The molecule has 0 radical (unpaired) electrons. The number of nitrogens with zero attached hydrogens (tertiary/aromatic N) is 3. The maximum atomic E-state index is 12.7. The first-order chi connectivity index (χ1) is 12.8. The van der Waals surface area contributed by atoms with Crippen LogP contribution in [0.3, 0.4) is 0 Å². The molecule has 1 fully saturated rings. The van der Waals surface area contributed by atoms with E-state index in [2.05, 4.69) is 11.4 Å². The Bertz CT molecular complexity index is 981. The Morgan fingerprint density at radius 3 is 2.44 bits per heavy atom. The third-order valence-corrected chi connectivity index (χ3v) is 6.67. The number of nitriles is 1. The van der Waals surface area contributed by atoms with E-state index in [0.717, 1.165) is 18.4 Å². The first kappa shape index (κ1) is 19.1. The van der Waals surface area contributed by atoms with Crippen molar-refractivity contribution in [3.05, 3.63) is 53.3 Å². The highest BCUT2D eigenvalue weighted by atomic mass is 32.2. The van der Waals surface area contributed by atoms with E-state index >= 15 is 0 Å². The lowest BCUT2D eigenvalue weighted by atomic mass is 10.1. The van der Waals surface area contributed by atoms with Gasteiger partial charge in [-0.3, -0.25) is 4.79 Å². The minimum absolute atomic E-state index is 0.142. The van der Waals surface area contributed by atoms with Crippen LogP contribution in [0.1, 0.15) is 47.4 Å². The van der Waals surface area contributed by atoms with Crippen molar-refractivity contribution in [2.45, 2.75) is 30.7 Å². The van der Waals surface area contributed by atoms with Gasteiger partial charge >= 0.3 is 0 Å². The number of carbonyl (C=O) groups excluding carboxylic acids is 1. The summed E-state index contributed by atoms with van der Waals surface area (Å²) < 4.78 is 28.4. The first-order valence-electron chi connectivity index (χ1n) is 8.80. The Morgan fingerprint density at radius 1 is 1.22 bits per heavy atom. The van der Waals surface area contributed by atoms with E-state index in [4.69, 9.17) is 5.26 Å². The molecule has 1 aliphatic rings. The summed E-state index contributed by atoms with van der Waals surface area (Å²) in [5.41, 5.74) is 1.70. The third kappa shape index (κ3) is 3.89. The van der Waals surface area contributed by atoms with Crippen molar-refractivity contribution in [1.82, 2.24) is 14.2 Å². The number of hydrogen-bond donors (Lipinski definition) is 1. The Hall–Kier alpha value is -2.63. The van der Waals surface area contributed by atoms with Gasteiger partial charge in [-0.15, -0.1) is 0 Å². The van der Waals surface area contributed by atoms with Crippen LogP contribution in [0.15, 0.2) is 41.4 Å². The minimum Gasteiger partial charge on any atom is -0.345 e. The summed E-state index contributed by atoms with van der Waals surface area (Å²) in [5, 5.41) is 11.7. The molecule has 7 nitrogen and oxygen atoms in total. The molecular formula is C19H22N4O3S. The fraction of sp³-hybridized carbons (Fsp3) is 0.368. The Balaban J connectivity index is 1.77. The Morgan fingerprint density at radius 2 is 1.85 bits per heavy atom. The predicted octanol–water partition coefficient (Wildman–Crippen LogP) is 2.17. The highest BCUT2D eigenvalue weighted by Crippen LogP contribution is 2.23. The molecule has 0 aliphatic carbocycles. The molecule has 8 heteroatoms. The largest absolute Gasteiger partial charge is 0.345 e. The van der Waals surface area contributed by atoms with Gasteiger partial charge < -0.3 is 9.88 Å². The molecule has 2 aromatic rings. The normalized spacial score (nSPS) is 16.0. The van der Waals surface area contributed by atoms with E-state index in [-0.39, 0.29) is 22.5 Å². The van der Waals surface area contributed by atoms with Crippen LogP contribution in [0.25, 0.3) is 0 Å². The molecule has 1 aromatic carbocycles. The fourth-order valence-corrected chi connectivity index (χ4v) is 4.77. The quantitative estimate of drug-likeness (QED) is 0.852. The molecule has 2 heterocycles. The summed E-state index contributed by atoms with van der Waals surface area (Å²) in [5.74, 6) is -0.350. The first-order valence-corrected chi connectivity index (χ1v) is 10.2. The molecule has 0 spiro atoms.